The lowest BCUT2D eigenvalue weighted by Crippen LogP contribution is -2.29. The third kappa shape index (κ3) is 5.21. The summed E-state index contributed by atoms with van der Waals surface area (Å²) in [5.41, 5.74) is 2.96. The first-order valence-corrected chi connectivity index (χ1v) is 9.25. The molecule has 0 saturated carbocycles. The van der Waals surface area contributed by atoms with E-state index in [4.69, 9.17) is 9.47 Å². The van der Waals surface area contributed by atoms with Gasteiger partial charge < -0.3 is 9.47 Å². The van der Waals surface area contributed by atoms with Crippen molar-refractivity contribution in [1.29, 1.82) is 0 Å². The minimum absolute atomic E-state index is 0.108. The first kappa shape index (κ1) is 19.6. The topological polar surface area (TPSA) is 38.8 Å². The van der Waals surface area contributed by atoms with Gasteiger partial charge in [-0.25, -0.2) is 0 Å². The van der Waals surface area contributed by atoms with Gasteiger partial charge in [0.15, 0.2) is 17.3 Å². The molecule has 3 aromatic carbocycles. The van der Waals surface area contributed by atoms with Crippen molar-refractivity contribution in [3.8, 4) is 11.5 Å². The summed E-state index contributed by atoms with van der Waals surface area (Å²) in [6.07, 6.45) is 0. The van der Waals surface area contributed by atoms with E-state index >= 15 is 0 Å². The zero-order valence-corrected chi connectivity index (χ0v) is 16.3. The van der Waals surface area contributed by atoms with E-state index in [1.165, 1.54) is 5.56 Å². The minimum Gasteiger partial charge on any atom is -0.493 e. The van der Waals surface area contributed by atoms with Crippen LogP contribution in [0.15, 0.2) is 78.9 Å². The molecule has 0 bridgehead atoms. The molecule has 4 heteroatoms. The predicted molar refractivity (Wildman–Crippen MR) is 111 cm³/mol. The van der Waals surface area contributed by atoms with Gasteiger partial charge in [-0.1, -0.05) is 66.7 Å². The van der Waals surface area contributed by atoms with Crippen LogP contribution in [0.4, 0.5) is 0 Å². The Labute approximate surface area is 166 Å². The van der Waals surface area contributed by atoms with Crippen molar-refractivity contribution in [3.05, 3.63) is 95.6 Å². The van der Waals surface area contributed by atoms with Crippen LogP contribution < -0.4 is 9.47 Å². The molecular weight excluding hydrogens is 350 g/mol. The Morgan fingerprint density at radius 3 is 2.00 bits per heavy atom. The number of hydrogen-bond donors (Lipinski definition) is 0. The van der Waals surface area contributed by atoms with E-state index in [0.29, 0.717) is 31.1 Å². The highest BCUT2D eigenvalue weighted by Gasteiger charge is 2.15. The van der Waals surface area contributed by atoms with Crippen molar-refractivity contribution in [1.82, 2.24) is 4.90 Å². The number of Topliss-reactive ketones (excluding diaryl/α,β-unsaturated/α-hetero) is 1. The van der Waals surface area contributed by atoms with Crippen molar-refractivity contribution in [2.24, 2.45) is 0 Å². The maximum Gasteiger partial charge on any atom is 0.176 e. The number of carbonyl (C=O) groups excluding carboxylic acids is 1. The maximum absolute atomic E-state index is 12.8. The first-order chi connectivity index (χ1) is 13.7. The monoisotopic (exact) mass is 375 g/mol. The summed E-state index contributed by atoms with van der Waals surface area (Å²) < 4.78 is 10.7. The summed E-state index contributed by atoms with van der Waals surface area (Å²) in [6, 6.07) is 25.5. The molecule has 28 heavy (non-hydrogen) atoms. The minimum atomic E-state index is 0.108. The number of ketones is 1. The molecule has 0 fully saturated rings. The molecule has 0 aliphatic carbocycles. The number of hydrogen-bond acceptors (Lipinski definition) is 4. The first-order valence-electron chi connectivity index (χ1n) is 9.25. The SMILES string of the molecule is COc1ccc(CN(CC(=O)c2ccccc2)Cc2ccccc2)cc1OC. The molecule has 0 N–H and O–H groups in total. The zero-order chi connectivity index (χ0) is 19.8. The van der Waals surface area contributed by atoms with Gasteiger partial charge in [0.2, 0.25) is 0 Å². The van der Waals surface area contributed by atoms with Crippen LogP contribution in [0, 0.1) is 0 Å². The van der Waals surface area contributed by atoms with Crippen LogP contribution in [0.3, 0.4) is 0 Å². The quantitative estimate of drug-likeness (QED) is 0.513. The molecule has 0 unspecified atom stereocenters. The summed E-state index contributed by atoms with van der Waals surface area (Å²) in [4.78, 5) is 14.9. The fourth-order valence-electron chi connectivity index (χ4n) is 3.16. The molecule has 0 aliphatic heterocycles. The second kappa shape index (κ2) is 9.72. The summed E-state index contributed by atoms with van der Waals surface area (Å²) in [5, 5.41) is 0. The van der Waals surface area contributed by atoms with Gasteiger partial charge in [0, 0.05) is 18.7 Å². The van der Waals surface area contributed by atoms with E-state index in [1.807, 2.05) is 66.7 Å². The molecule has 0 aliphatic rings. The van der Waals surface area contributed by atoms with Gasteiger partial charge in [-0.05, 0) is 23.3 Å². The summed E-state index contributed by atoms with van der Waals surface area (Å²) in [6.45, 7) is 1.66. The molecule has 0 heterocycles. The molecule has 4 nitrogen and oxygen atoms in total. The molecule has 0 spiro atoms. The Morgan fingerprint density at radius 2 is 1.36 bits per heavy atom. The standard InChI is InChI=1S/C24H25NO3/c1-27-23-14-13-20(15-24(23)28-2)17-25(16-19-9-5-3-6-10-19)18-22(26)21-11-7-4-8-12-21/h3-15H,16-18H2,1-2H3. The second-order valence-corrected chi connectivity index (χ2v) is 6.61. The molecular formula is C24H25NO3. The summed E-state index contributed by atoms with van der Waals surface area (Å²) >= 11 is 0. The third-order valence-electron chi connectivity index (χ3n) is 4.57. The fourth-order valence-corrected chi connectivity index (χ4v) is 3.16. The predicted octanol–water partition coefficient (Wildman–Crippen LogP) is 4.59. The molecule has 144 valence electrons. The molecule has 3 aromatic rings. The normalized spacial score (nSPS) is 10.7. The van der Waals surface area contributed by atoms with Crippen molar-refractivity contribution in [2.75, 3.05) is 20.8 Å². The highest BCUT2D eigenvalue weighted by Crippen LogP contribution is 2.28. The van der Waals surface area contributed by atoms with Gasteiger partial charge in [0.25, 0.3) is 0 Å². The maximum atomic E-state index is 12.8. The molecule has 0 aromatic heterocycles. The van der Waals surface area contributed by atoms with Gasteiger partial charge in [-0.15, -0.1) is 0 Å². The average Bonchev–Trinajstić information content (AvgIpc) is 2.75. The van der Waals surface area contributed by atoms with Crippen LogP contribution >= 0.6 is 0 Å². The van der Waals surface area contributed by atoms with Gasteiger partial charge in [0.05, 0.1) is 20.8 Å². The number of rotatable bonds is 9. The van der Waals surface area contributed by atoms with E-state index in [0.717, 1.165) is 11.1 Å². The highest BCUT2D eigenvalue weighted by molar-refractivity contribution is 5.97. The number of methoxy groups -OCH3 is 2. The Kier molecular flexibility index (Phi) is 6.82. The zero-order valence-electron chi connectivity index (χ0n) is 16.3. The van der Waals surface area contributed by atoms with Crippen LogP contribution in [0.25, 0.3) is 0 Å². The number of carbonyl (C=O) groups is 1. The van der Waals surface area contributed by atoms with Crippen LogP contribution in [0.5, 0.6) is 11.5 Å². The number of nitrogens with zero attached hydrogens (tertiary/aromatic N) is 1. The summed E-state index contributed by atoms with van der Waals surface area (Å²) in [7, 11) is 3.25. The lowest BCUT2D eigenvalue weighted by molar-refractivity contribution is 0.0920. The third-order valence-corrected chi connectivity index (χ3v) is 4.57. The second-order valence-electron chi connectivity index (χ2n) is 6.61. The average molecular weight is 375 g/mol. The fraction of sp³-hybridized carbons (Fsp3) is 0.208. The lowest BCUT2D eigenvalue weighted by Gasteiger charge is -2.22. The molecule has 3 rings (SSSR count). The number of ether oxygens (including phenoxy) is 2. The summed E-state index contributed by atoms with van der Waals surface area (Å²) in [5.74, 6) is 1.49. The number of benzene rings is 3. The van der Waals surface area contributed by atoms with Crippen molar-refractivity contribution in [3.63, 3.8) is 0 Å². The van der Waals surface area contributed by atoms with Gasteiger partial charge >= 0.3 is 0 Å². The van der Waals surface area contributed by atoms with Crippen LogP contribution in [-0.2, 0) is 13.1 Å². The molecule has 0 atom stereocenters. The molecule has 0 radical (unpaired) electrons. The Bertz CT molecular complexity index is 894. The van der Waals surface area contributed by atoms with E-state index in [-0.39, 0.29) is 5.78 Å². The Morgan fingerprint density at radius 1 is 0.750 bits per heavy atom. The van der Waals surface area contributed by atoms with Gasteiger partial charge in [0.1, 0.15) is 0 Å². The van der Waals surface area contributed by atoms with Crippen molar-refractivity contribution >= 4 is 5.78 Å². The van der Waals surface area contributed by atoms with E-state index in [2.05, 4.69) is 17.0 Å². The lowest BCUT2D eigenvalue weighted by atomic mass is 10.1. The van der Waals surface area contributed by atoms with Crippen molar-refractivity contribution in [2.45, 2.75) is 13.1 Å². The van der Waals surface area contributed by atoms with Gasteiger partial charge in [-0.3, -0.25) is 9.69 Å². The van der Waals surface area contributed by atoms with E-state index in [1.54, 1.807) is 14.2 Å². The van der Waals surface area contributed by atoms with Gasteiger partial charge in [-0.2, -0.15) is 0 Å². The van der Waals surface area contributed by atoms with E-state index in [9.17, 15) is 4.79 Å². The van der Waals surface area contributed by atoms with Crippen LogP contribution in [0.1, 0.15) is 21.5 Å². The molecule has 0 amide bonds. The van der Waals surface area contributed by atoms with Crippen molar-refractivity contribution < 1.29 is 14.3 Å². The largest absolute Gasteiger partial charge is 0.493 e. The van der Waals surface area contributed by atoms with E-state index < -0.39 is 0 Å². The van der Waals surface area contributed by atoms with Crippen LogP contribution in [-0.4, -0.2) is 31.4 Å². The molecule has 0 saturated heterocycles. The van der Waals surface area contributed by atoms with Crippen LogP contribution in [0.2, 0.25) is 0 Å². The Balaban J connectivity index is 1.80. The smallest absolute Gasteiger partial charge is 0.176 e. The Hall–Kier alpha value is -3.11. The highest BCUT2D eigenvalue weighted by atomic mass is 16.5.